The van der Waals surface area contributed by atoms with Crippen molar-refractivity contribution < 1.29 is 28.5 Å². The molecule has 0 aliphatic heterocycles. The normalized spacial score (nSPS) is 10.5. The van der Waals surface area contributed by atoms with Crippen LogP contribution in [0.3, 0.4) is 0 Å². The summed E-state index contributed by atoms with van der Waals surface area (Å²) in [7, 11) is 5.88. The van der Waals surface area contributed by atoms with Gasteiger partial charge in [-0.05, 0) is 17.7 Å². The van der Waals surface area contributed by atoms with Gasteiger partial charge in [-0.3, -0.25) is 4.79 Å². The standard InChI is InChI=1S/C21H22N2O6/c1-26-16-10-15-18(20(28-3)19(16)27-2)12(11-22-15)9-17(24)23-14-8-6-5-7-13(14)21(25)29-4/h5-8,10-11,22H,9H2,1-4H3,(H,23,24). The Labute approximate surface area is 167 Å². The van der Waals surface area contributed by atoms with Gasteiger partial charge in [0.25, 0.3) is 0 Å². The number of aromatic nitrogens is 1. The lowest BCUT2D eigenvalue weighted by Crippen LogP contribution is -2.17. The van der Waals surface area contributed by atoms with Gasteiger partial charge in [-0.15, -0.1) is 0 Å². The molecule has 152 valence electrons. The van der Waals surface area contributed by atoms with Crippen molar-refractivity contribution in [3.63, 3.8) is 0 Å². The lowest BCUT2D eigenvalue weighted by atomic mass is 10.1. The molecule has 3 aromatic rings. The number of nitrogens with one attached hydrogen (secondary N) is 2. The molecule has 0 atom stereocenters. The largest absolute Gasteiger partial charge is 0.493 e. The van der Waals surface area contributed by atoms with E-state index < -0.39 is 5.97 Å². The molecule has 3 rings (SSSR count). The first kappa shape index (κ1) is 20.1. The zero-order chi connectivity index (χ0) is 21.0. The van der Waals surface area contributed by atoms with Gasteiger partial charge in [0.15, 0.2) is 11.5 Å². The summed E-state index contributed by atoms with van der Waals surface area (Å²) in [5.74, 6) is 0.618. The molecule has 0 unspecified atom stereocenters. The monoisotopic (exact) mass is 398 g/mol. The van der Waals surface area contributed by atoms with Crippen molar-refractivity contribution in [2.45, 2.75) is 6.42 Å². The minimum absolute atomic E-state index is 0.0569. The Kier molecular flexibility index (Phi) is 5.92. The van der Waals surface area contributed by atoms with Crippen LogP contribution in [0.1, 0.15) is 15.9 Å². The van der Waals surface area contributed by atoms with Crippen molar-refractivity contribution in [2.75, 3.05) is 33.8 Å². The Balaban J connectivity index is 1.93. The summed E-state index contributed by atoms with van der Waals surface area (Å²) in [5.41, 5.74) is 2.13. The van der Waals surface area contributed by atoms with Crippen LogP contribution in [0, 0.1) is 0 Å². The third-order valence-electron chi connectivity index (χ3n) is 4.51. The number of anilines is 1. The molecule has 0 saturated carbocycles. The van der Waals surface area contributed by atoms with E-state index in [4.69, 9.17) is 18.9 Å². The van der Waals surface area contributed by atoms with E-state index in [2.05, 4.69) is 10.3 Å². The van der Waals surface area contributed by atoms with Gasteiger partial charge in [0, 0.05) is 17.6 Å². The van der Waals surface area contributed by atoms with Crippen LogP contribution in [0.2, 0.25) is 0 Å². The van der Waals surface area contributed by atoms with Gasteiger partial charge < -0.3 is 29.2 Å². The van der Waals surface area contributed by atoms with E-state index in [-0.39, 0.29) is 17.9 Å². The number of para-hydroxylation sites is 1. The van der Waals surface area contributed by atoms with Crippen molar-refractivity contribution >= 4 is 28.5 Å². The van der Waals surface area contributed by atoms with Gasteiger partial charge in [-0.25, -0.2) is 4.79 Å². The summed E-state index contributed by atoms with van der Waals surface area (Å²) in [6.07, 6.45) is 1.79. The third-order valence-corrected chi connectivity index (χ3v) is 4.51. The molecule has 2 aromatic carbocycles. The summed E-state index contributed by atoms with van der Waals surface area (Å²) in [5, 5.41) is 3.49. The second-order valence-electron chi connectivity index (χ2n) is 6.14. The molecule has 0 radical (unpaired) electrons. The average molecular weight is 398 g/mol. The number of hydrogen-bond acceptors (Lipinski definition) is 6. The summed E-state index contributed by atoms with van der Waals surface area (Å²) in [6, 6.07) is 8.45. The number of methoxy groups -OCH3 is 4. The van der Waals surface area contributed by atoms with Crippen LogP contribution in [0.5, 0.6) is 17.2 Å². The molecule has 0 spiro atoms. The lowest BCUT2D eigenvalue weighted by Gasteiger charge is -2.14. The molecule has 1 amide bonds. The van der Waals surface area contributed by atoms with Crippen molar-refractivity contribution in [1.29, 1.82) is 0 Å². The highest BCUT2D eigenvalue weighted by molar-refractivity contribution is 6.03. The summed E-state index contributed by atoms with van der Waals surface area (Å²) in [4.78, 5) is 27.7. The van der Waals surface area contributed by atoms with Gasteiger partial charge in [0.05, 0.1) is 51.6 Å². The maximum Gasteiger partial charge on any atom is 0.339 e. The van der Waals surface area contributed by atoms with Crippen LogP contribution in [-0.2, 0) is 16.0 Å². The number of fused-ring (bicyclic) bond motifs is 1. The second kappa shape index (κ2) is 8.55. The van der Waals surface area contributed by atoms with Crippen LogP contribution in [-0.4, -0.2) is 45.3 Å². The fourth-order valence-corrected chi connectivity index (χ4v) is 3.21. The first-order chi connectivity index (χ1) is 14.0. The summed E-state index contributed by atoms with van der Waals surface area (Å²) in [6.45, 7) is 0. The second-order valence-corrected chi connectivity index (χ2v) is 6.14. The van der Waals surface area contributed by atoms with Crippen molar-refractivity contribution in [3.8, 4) is 17.2 Å². The van der Waals surface area contributed by atoms with Crippen molar-refractivity contribution in [1.82, 2.24) is 4.98 Å². The SMILES string of the molecule is COC(=O)c1ccccc1NC(=O)Cc1c[nH]c2cc(OC)c(OC)c(OC)c12. The number of carbonyl (C=O) groups is 2. The van der Waals surface area contributed by atoms with Gasteiger partial charge in [-0.2, -0.15) is 0 Å². The number of benzene rings is 2. The average Bonchev–Trinajstić information content (AvgIpc) is 3.14. The Morgan fingerprint density at radius 2 is 1.72 bits per heavy atom. The Bertz CT molecular complexity index is 1060. The van der Waals surface area contributed by atoms with Crippen LogP contribution in [0.4, 0.5) is 5.69 Å². The molecule has 1 aromatic heterocycles. The number of H-pyrrole nitrogens is 1. The van der Waals surface area contributed by atoms with Crippen LogP contribution >= 0.6 is 0 Å². The van der Waals surface area contributed by atoms with E-state index in [1.165, 1.54) is 21.3 Å². The van der Waals surface area contributed by atoms with E-state index in [1.54, 1.807) is 43.6 Å². The van der Waals surface area contributed by atoms with Gasteiger partial charge >= 0.3 is 5.97 Å². The van der Waals surface area contributed by atoms with E-state index in [1.807, 2.05) is 0 Å². The van der Waals surface area contributed by atoms with E-state index in [9.17, 15) is 9.59 Å². The molecule has 29 heavy (non-hydrogen) atoms. The van der Waals surface area contributed by atoms with Crippen molar-refractivity contribution in [3.05, 3.63) is 47.7 Å². The highest BCUT2D eigenvalue weighted by Gasteiger charge is 2.21. The Hall–Kier alpha value is -3.68. The maximum absolute atomic E-state index is 12.7. The zero-order valence-electron chi connectivity index (χ0n) is 16.6. The molecule has 1 heterocycles. The Morgan fingerprint density at radius 1 is 1.00 bits per heavy atom. The van der Waals surface area contributed by atoms with E-state index >= 15 is 0 Å². The van der Waals surface area contributed by atoms with Gasteiger partial charge in [0.1, 0.15) is 0 Å². The number of rotatable bonds is 7. The van der Waals surface area contributed by atoms with Crippen LogP contribution in [0.25, 0.3) is 10.9 Å². The summed E-state index contributed by atoms with van der Waals surface area (Å²) < 4.78 is 21.1. The predicted octanol–water partition coefficient (Wildman–Crippen LogP) is 3.16. The van der Waals surface area contributed by atoms with Gasteiger partial charge in [0.2, 0.25) is 11.7 Å². The first-order valence-electron chi connectivity index (χ1n) is 8.80. The molecule has 2 N–H and O–H groups in total. The fourth-order valence-electron chi connectivity index (χ4n) is 3.21. The molecule has 8 heteroatoms. The van der Waals surface area contributed by atoms with E-state index in [0.29, 0.717) is 28.5 Å². The Morgan fingerprint density at radius 3 is 2.38 bits per heavy atom. The number of amides is 1. The quantitative estimate of drug-likeness (QED) is 0.593. The number of ether oxygens (including phenoxy) is 4. The number of hydrogen-bond donors (Lipinski definition) is 2. The molecule has 0 saturated heterocycles. The smallest absolute Gasteiger partial charge is 0.339 e. The molecule has 8 nitrogen and oxygen atoms in total. The highest BCUT2D eigenvalue weighted by Crippen LogP contribution is 2.44. The van der Waals surface area contributed by atoms with E-state index in [0.717, 1.165) is 10.9 Å². The third kappa shape index (κ3) is 3.82. The molecule has 0 aliphatic carbocycles. The van der Waals surface area contributed by atoms with Crippen LogP contribution < -0.4 is 19.5 Å². The van der Waals surface area contributed by atoms with Gasteiger partial charge in [-0.1, -0.05) is 12.1 Å². The zero-order valence-corrected chi connectivity index (χ0v) is 16.6. The maximum atomic E-state index is 12.7. The molecule has 0 bridgehead atoms. The highest BCUT2D eigenvalue weighted by atomic mass is 16.5. The topological polar surface area (TPSA) is 98.9 Å². The molecular weight excluding hydrogens is 376 g/mol. The number of esters is 1. The molecule has 0 aliphatic rings. The lowest BCUT2D eigenvalue weighted by molar-refractivity contribution is -0.115. The predicted molar refractivity (Wildman–Crippen MR) is 108 cm³/mol. The minimum Gasteiger partial charge on any atom is -0.493 e. The molecular formula is C21H22N2O6. The van der Waals surface area contributed by atoms with Crippen molar-refractivity contribution in [2.24, 2.45) is 0 Å². The fraction of sp³-hybridized carbons (Fsp3) is 0.238. The van der Waals surface area contributed by atoms with Crippen LogP contribution in [0.15, 0.2) is 36.5 Å². The first-order valence-corrected chi connectivity index (χ1v) is 8.80. The number of aromatic amines is 1. The number of carbonyl (C=O) groups excluding carboxylic acids is 2. The minimum atomic E-state index is -0.522. The molecule has 0 fully saturated rings. The summed E-state index contributed by atoms with van der Waals surface area (Å²) >= 11 is 0.